The number of hydrogen-bond acceptors (Lipinski definition) is 3. The number of nitrogens with one attached hydrogen (secondary N) is 1. The fourth-order valence-electron chi connectivity index (χ4n) is 2.90. The maximum atomic E-state index is 13.7. The molecule has 1 heterocycles. The van der Waals surface area contributed by atoms with Gasteiger partial charge in [-0.2, -0.15) is 4.31 Å². The summed E-state index contributed by atoms with van der Waals surface area (Å²) in [5.41, 5.74) is -0.937. The van der Waals surface area contributed by atoms with E-state index in [1.165, 1.54) is 28.6 Å². The molecule has 0 atom stereocenters. The predicted octanol–water partition coefficient (Wildman–Crippen LogP) is 3.67. The van der Waals surface area contributed by atoms with Crippen molar-refractivity contribution in [1.29, 1.82) is 0 Å². The van der Waals surface area contributed by atoms with Gasteiger partial charge in [-0.05, 0) is 43.2 Å². The molecule has 3 rings (SSSR count). The molecule has 0 saturated carbocycles. The van der Waals surface area contributed by atoms with E-state index in [9.17, 15) is 30.8 Å². The van der Waals surface area contributed by atoms with E-state index in [1.54, 1.807) is 0 Å². The Morgan fingerprint density at radius 1 is 0.893 bits per heavy atom. The normalized spacial score (nSPS) is 15.4. The zero-order chi connectivity index (χ0) is 20.5. The minimum atomic E-state index is -3.66. The van der Waals surface area contributed by atoms with Crippen LogP contribution in [0.25, 0.3) is 0 Å². The van der Waals surface area contributed by atoms with Crippen LogP contribution in [0.15, 0.2) is 35.2 Å². The smallest absolute Gasteiger partial charge is 0.258 e. The number of sulfonamides is 1. The molecule has 150 valence electrons. The molecular weight excluding hydrogens is 400 g/mol. The number of benzene rings is 2. The molecule has 0 aliphatic carbocycles. The quantitative estimate of drug-likeness (QED) is 0.470. The molecule has 2 aromatic rings. The van der Waals surface area contributed by atoms with Crippen LogP contribution in [0.2, 0.25) is 0 Å². The first-order chi connectivity index (χ1) is 13.2. The molecule has 1 saturated heterocycles. The summed E-state index contributed by atoms with van der Waals surface area (Å²) < 4.78 is 79.7. The SMILES string of the molecule is O=C(Nc1ccc(S(=O)(=O)N2CCCCC2)cc1)c1cc(F)c(F)c(F)c1F. The van der Waals surface area contributed by atoms with Gasteiger partial charge in [0.2, 0.25) is 10.0 Å². The monoisotopic (exact) mass is 416 g/mol. The van der Waals surface area contributed by atoms with Crippen LogP contribution >= 0.6 is 0 Å². The van der Waals surface area contributed by atoms with E-state index in [1.807, 2.05) is 0 Å². The molecule has 1 aliphatic rings. The predicted molar refractivity (Wildman–Crippen MR) is 93.3 cm³/mol. The Morgan fingerprint density at radius 3 is 2.11 bits per heavy atom. The Bertz CT molecular complexity index is 1000. The third-order valence-corrected chi connectivity index (χ3v) is 6.33. The number of piperidine rings is 1. The van der Waals surface area contributed by atoms with Gasteiger partial charge in [-0.3, -0.25) is 4.79 Å². The molecule has 0 bridgehead atoms. The first kappa shape index (κ1) is 20.3. The number of anilines is 1. The fraction of sp³-hybridized carbons (Fsp3) is 0.278. The van der Waals surface area contributed by atoms with Crippen molar-refractivity contribution >= 4 is 21.6 Å². The van der Waals surface area contributed by atoms with Crippen LogP contribution in [0.4, 0.5) is 23.2 Å². The number of amides is 1. The minimum Gasteiger partial charge on any atom is -0.322 e. The van der Waals surface area contributed by atoms with Crippen LogP contribution in [0, 0.1) is 23.3 Å². The largest absolute Gasteiger partial charge is 0.322 e. The lowest BCUT2D eigenvalue weighted by Gasteiger charge is -2.25. The van der Waals surface area contributed by atoms with Crippen molar-refractivity contribution in [1.82, 2.24) is 4.31 Å². The van der Waals surface area contributed by atoms with Crippen LogP contribution in [-0.4, -0.2) is 31.7 Å². The topological polar surface area (TPSA) is 66.5 Å². The van der Waals surface area contributed by atoms with Gasteiger partial charge >= 0.3 is 0 Å². The van der Waals surface area contributed by atoms with Gasteiger partial charge in [0, 0.05) is 18.8 Å². The lowest BCUT2D eigenvalue weighted by atomic mass is 10.1. The summed E-state index contributed by atoms with van der Waals surface area (Å²) in [6.07, 6.45) is 2.53. The molecule has 0 aromatic heterocycles. The average Bonchev–Trinajstić information content (AvgIpc) is 2.70. The standard InChI is InChI=1S/C18H16F4N2O3S/c19-14-10-13(15(20)17(22)16(14)21)18(25)23-11-4-6-12(7-5-11)28(26,27)24-8-2-1-3-9-24/h4-7,10H,1-3,8-9H2,(H,23,25). The lowest BCUT2D eigenvalue weighted by molar-refractivity contribution is 0.102. The molecule has 0 radical (unpaired) electrons. The summed E-state index contributed by atoms with van der Waals surface area (Å²) in [5.74, 6) is -8.83. The number of hydrogen-bond donors (Lipinski definition) is 1. The summed E-state index contributed by atoms with van der Waals surface area (Å²) in [4.78, 5) is 12.1. The molecule has 2 aromatic carbocycles. The van der Waals surface area contributed by atoms with Crippen molar-refractivity contribution < 1.29 is 30.8 Å². The number of carbonyl (C=O) groups excluding carboxylic acids is 1. The Labute approximate surface area is 159 Å². The summed E-state index contributed by atoms with van der Waals surface area (Å²) in [5, 5.41) is 2.19. The van der Waals surface area contributed by atoms with Gasteiger partial charge in [0.25, 0.3) is 5.91 Å². The van der Waals surface area contributed by atoms with Gasteiger partial charge in [0.1, 0.15) is 0 Å². The van der Waals surface area contributed by atoms with Crippen LogP contribution in [0.3, 0.4) is 0 Å². The van der Waals surface area contributed by atoms with Gasteiger partial charge in [-0.1, -0.05) is 6.42 Å². The highest BCUT2D eigenvalue weighted by molar-refractivity contribution is 7.89. The van der Waals surface area contributed by atoms with Gasteiger partial charge < -0.3 is 5.32 Å². The molecule has 1 fully saturated rings. The fourth-order valence-corrected chi connectivity index (χ4v) is 4.42. The average molecular weight is 416 g/mol. The summed E-state index contributed by atoms with van der Waals surface area (Å²) in [6, 6.07) is 5.31. The Kier molecular flexibility index (Phi) is 5.71. The highest BCUT2D eigenvalue weighted by Crippen LogP contribution is 2.23. The molecule has 1 aliphatic heterocycles. The number of halogens is 4. The summed E-state index contributed by atoms with van der Waals surface area (Å²) >= 11 is 0. The number of rotatable bonds is 4. The van der Waals surface area contributed by atoms with Crippen LogP contribution in [0.1, 0.15) is 29.6 Å². The van der Waals surface area contributed by atoms with E-state index < -0.39 is 44.8 Å². The van der Waals surface area contributed by atoms with E-state index in [0.717, 1.165) is 19.3 Å². The first-order valence-corrected chi connectivity index (χ1v) is 9.90. The zero-order valence-corrected chi connectivity index (χ0v) is 15.3. The Balaban J connectivity index is 1.79. The second kappa shape index (κ2) is 7.88. The van der Waals surface area contributed by atoms with Gasteiger partial charge in [0.15, 0.2) is 23.3 Å². The maximum absolute atomic E-state index is 13.7. The van der Waals surface area contributed by atoms with E-state index in [-0.39, 0.29) is 16.6 Å². The minimum absolute atomic E-state index is 0.0254. The molecule has 0 spiro atoms. The van der Waals surface area contributed by atoms with E-state index in [0.29, 0.717) is 13.1 Å². The third kappa shape index (κ3) is 3.88. The number of nitrogens with zero attached hydrogens (tertiary/aromatic N) is 1. The third-order valence-electron chi connectivity index (χ3n) is 4.41. The van der Waals surface area contributed by atoms with Crippen molar-refractivity contribution in [2.45, 2.75) is 24.2 Å². The lowest BCUT2D eigenvalue weighted by Crippen LogP contribution is -2.35. The van der Waals surface area contributed by atoms with E-state index in [4.69, 9.17) is 0 Å². The molecule has 0 unspecified atom stereocenters. The Morgan fingerprint density at radius 2 is 1.50 bits per heavy atom. The molecule has 1 N–H and O–H groups in total. The van der Waals surface area contributed by atoms with Gasteiger partial charge in [-0.25, -0.2) is 26.0 Å². The number of carbonyl (C=O) groups is 1. The van der Waals surface area contributed by atoms with Crippen molar-refractivity contribution in [3.63, 3.8) is 0 Å². The maximum Gasteiger partial charge on any atom is 0.258 e. The van der Waals surface area contributed by atoms with Crippen molar-refractivity contribution in [2.24, 2.45) is 0 Å². The molecule has 28 heavy (non-hydrogen) atoms. The van der Waals surface area contributed by atoms with Gasteiger partial charge in [-0.15, -0.1) is 0 Å². The van der Waals surface area contributed by atoms with Gasteiger partial charge in [0.05, 0.1) is 10.5 Å². The van der Waals surface area contributed by atoms with Crippen LogP contribution < -0.4 is 5.32 Å². The second-order valence-electron chi connectivity index (χ2n) is 6.29. The van der Waals surface area contributed by atoms with Crippen molar-refractivity contribution in [3.05, 3.63) is 59.2 Å². The molecule has 1 amide bonds. The van der Waals surface area contributed by atoms with Crippen LogP contribution in [0.5, 0.6) is 0 Å². The zero-order valence-electron chi connectivity index (χ0n) is 14.5. The first-order valence-electron chi connectivity index (χ1n) is 8.46. The summed E-state index contributed by atoms with van der Waals surface area (Å²) in [6.45, 7) is 0.865. The molecule has 10 heteroatoms. The molecular formula is C18H16F4N2O3S. The van der Waals surface area contributed by atoms with E-state index in [2.05, 4.69) is 5.32 Å². The van der Waals surface area contributed by atoms with Crippen LogP contribution in [-0.2, 0) is 10.0 Å². The molecule has 5 nitrogen and oxygen atoms in total. The second-order valence-corrected chi connectivity index (χ2v) is 8.23. The van der Waals surface area contributed by atoms with Crippen molar-refractivity contribution in [3.8, 4) is 0 Å². The summed E-state index contributed by atoms with van der Waals surface area (Å²) in [7, 11) is -3.66. The van der Waals surface area contributed by atoms with Crippen molar-refractivity contribution in [2.75, 3.05) is 18.4 Å². The highest BCUT2D eigenvalue weighted by Gasteiger charge is 2.26. The van der Waals surface area contributed by atoms with E-state index >= 15 is 0 Å². The highest BCUT2D eigenvalue weighted by atomic mass is 32.2. The Hall–Kier alpha value is -2.46.